The molecule has 0 radical (unpaired) electrons. The van der Waals surface area contributed by atoms with E-state index in [-0.39, 0.29) is 36.4 Å². The minimum Gasteiger partial charge on any atom is -0.305 e. The van der Waals surface area contributed by atoms with E-state index in [4.69, 9.17) is 59.8 Å². The maximum atomic E-state index is 5.48. The third kappa shape index (κ3) is 17.7. The zero-order valence-electron chi connectivity index (χ0n) is 71.8. The predicted molar refractivity (Wildman–Crippen MR) is 510 cm³/mol. The third-order valence-electron chi connectivity index (χ3n) is 22.9. The Hall–Kier alpha value is -15.0. The van der Waals surface area contributed by atoms with E-state index in [1.807, 2.05) is 201 Å². The average Bonchev–Trinajstić information content (AvgIpc) is 0.757. The van der Waals surface area contributed by atoms with Gasteiger partial charge in [-0.15, -0.1) is 71.3 Å². The number of nitrogens with zero attached hydrogens (tertiary/aromatic N) is 12. The first-order chi connectivity index (χ1) is 61.3. The first-order valence-electron chi connectivity index (χ1n) is 42.5. The molecule has 13 aromatic carbocycles. The smallest absolute Gasteiger partial charge is 0.305 e. The molecule has 0 amide bonds. The van der Waals surface area contributed by atoms with E-state index in [2.05, 4.69) is 244 Å². The van der Waals surface area contributed by atoms with Gasteiger partial charge in [-0.2, -0.15) is 0 Å². The molecular weight excluding hydrogens is 1730 g/mol. The van der Waals surface area contributed by atoms with Gasteiger partial charge in [0.2, 0.25) is 0 Å². The molecule has 0 saturated heterocycles. The minimum absolute atomic E-state index is 0. The maximum Gasteiger partial charge on any atom is 3.00 e. The van der Waals surface area contributed by atoms with Gasteiger partial charge in [-0.3, -0.25) is 0 Å². The molecule has 612 valence electrons. The number of aromatic nitrogens is 12. The van der Waals surface area contributed by atoms with E-state index in [0.29, 0.717) is 52.4 Å². The van der Waals surface area contributed by atoms with Gasteiger partial charge in [0.1, 0.15) is 17.5 Å². The van der Waals surface area contributed by atoms with Gasteiger partial charge in [-0.1, -0.05) is 385 Å². The molecule has 0 aliphatic carbocycles. The van der Waals surface area contributed by atoms with E-state index >= 15 is 0 Å². The van der Waals surface area contributed by atoms with E-state index in [0.717, 1.165) is 167 Å². The fraction of sp³-hybridized carbons (Fsp3) is 0.105. The molecule has 127 heavy (non-hydrogen) atoms. The molecule has 0 N–H and O–H groups in total. The molecule has 0 bridgehead atoms. The number of hydrogen-bond donors (Lipinski definition) is 0. The van der Waals surface area contributed by atoms with Crippen molar-refractivity contribution in [2.75, 3.05) is 0 Å². The molecule has 12 nitrogen and oxygen atoms in total. The molecule has 0 fully saturated rings. The Labute approximate surface area is 755 Å². The van der Waals surface area contributed by atoms with Gasteiger partial charge in [-0.05, 0) is 120 Å². The van der Waals surface area contributed by atoms with Crippen molar-refractivity contribution in [1.29, 1.82) is 0 Å². The number of hydrogen-bond acceptors (Lipinski definition) is 12. The Balaban J connectivity index is 0.0000109. The number of rotatable bonds is 18. The summed E-state index contributed by atoms with van der Waals surface area (Å²) >= 11 is 0. The van der Waals surface area contributed by atoms with Crippen LogP contribution in [-0.4, -0.2) is 59.8 Å². The molecule has 13 heteroatoms. The minimum atomic E-state index is -0.165. The first kappa shape index (κ1) is 82.9. The van der Waals surface area contributed by atoms with Crippen molar-refractivity contribution < 1.29 is 20.1 Å². The standard InChI is InChI=1S/C114H87N12.Ir/c1-112(2,3)85-58-61-115-100(70-85)79-52-55-94(97(67-79)109-121-103(73-34-16-10-17-35-73)118-104(122-109)74-36-18-11-19-37-74)91-49-31-28-46-88(91)82-64-83(89-47-29-32-50-92(89)95-56-53-80(101-71-86(59-62-116-101)113(4,5)6)68-98(95)110-123-105(75-38-20-12-21-39-75)119-106(124-110)76-40-22-13-23-41-76)66-84(65-82)90-48-30-33-51-93(90)96-57-54-81(102-72-87(60-63-117-102)114(7,8)9)69-99(96)111-125-107(77-42-24-14-25-43-77)120-108(126-111)78-44-26-15-27-45-78;/h10-51,55-72H,1-9H3;/q-3;+3. The number of pyridine rings is 3. The largest absolute Gasteiger partial charge is 3.00 e. The summed E-state index contributed by atoms with van der Waals surface area (Å²) in [6.07, 6.45) is 5.67. The average molecular weight is 1820 g/mol. The fourth-order valence-electron chi connectivity index (χ4n) is 16.1. The van der Waals surface area contributed by atoms with Crippen molar-refractivity contribution in [2.24, 2.45) is 0 Å². The second-order valence-electron chi connectivity index (χ2n) is 34.6. The van der Waals surface area contributed by atoms with Crippen LogP contribution in [0.15, 0.2) is 364 Å². The van der Waals surface area contributed by atoms with Crippen LogP contribution in [0.2, 0.25) is 0 Å². The third-order valence-corrected chi connectivity index (χ3v) is 22.9. The van der Waals surface area contributed by atoms with Crippen LogP contribution in [-0.2, 0) is 36.4 Å². The van der Waals surface area contributed by atoms with Crippen LogP contribution < -0.4 is 0 Å². The van der Waals surface area contributed by atoms with Crippen LogP contribution in [0.1, 0.15) is 79.0 Å². The van der Waals surface area contributed by atoms with Crippen LogP contribution >= 0.6 is 0 Å². The normalized spacial score (nSPS) is 11.6. The zero-order chi connectivity index (χ0) is 86.0. The molecular formula is C114H87IrN12. The maximum absolute atomic E-state index is 5.48. The molecule has 0 unspecified atom stereocenters. The second kappa shape index (κ2) is 35.3. The predicted octanol–water partition coefficient (Wildman–Crippen LogP) is 27.7. The monoisotopic (exact) mass is 1820 g/mol. The van der Waals surface area contributed by atoms with Gasteiger partial charge < -0.3 is 15.0 Å². The van der Waals surface area contributed by atoms with Crippen LogP contribution in [0, 0.1) is 18.2 Å². The van der Waals surface area contributed by atoms with Crippen molar-refractivity contribution in [2.45, 2.75) is 78.6 Å². The van der Waals surface area contributed by atoms with E-state index in [1.54, 1.807) is 0 Å². The number of benzene rings is 13. The Morgan fingerprint density at radius 1 is 0.181 bits per heavy atom. The van der Waals surface area contributed by atoms with E-state index in [9.17, 15) is 0 Å². The summed E-state index contributed by atoms with van der Waals surface area (Å²) in [5.74, 6) is 4.65. The van der Waals surface area contributed by atoms with Crippen molar-refractivity contribution in [3.63, 3.8) is 0 Å². The van der Waals surface area contributed by atoms with Gasteiger partial charge >= 0.3 is 20.1 Å². The summed E-state index contributed by atoms with van der Waals surface area (Å²) in [5, 5.41) is 0. The summed E-state index contributed by atoms with van der Waals surface area (Å²) in [7, 11) is 0. The molecule has 19 rings (SSSR count). The van der Waals surface area contributed by atoms with Gasteiger partial charge in [-0.25, -0.2) is 44.9 Å². The van der Waals surface area contributed by atoms with Crippen LogP contribution in [0.5, 0.6) is 0 Å². The summed E-state index contributed by atoms with van der Waals surface area (Å²) in [4.78, 5) is 63.7. The molecule has 6 aromatic heterocycles. The Bertz CT molecular complexity index is 6380. The molecule has 6 heterocycles. The molecule has 0 spiro atoms. The van der Waals surface area contributed by atoms with E-state index in [1.165, 1.54) is 0 Å². The van der Waals surface area contributed by atoms with Crippen LogP contribution in [0.4, 0.5) is 0 Å². The second-order valence-corrected chi connectivity index (χ2v) is 34.6. The molecule has 0 aliphatic heterocycles. The Kier molecular flexibility index (Phi) is 23.1. The Morgan fingerprint density at radius 2 is 0.378 bits per heavy atom. The Morgan fingerprint density at radius 3 is 0.591 bits per heavy atom. The fourth-order valence-corrected chi connectivity index (χ4v) is 16.1. The van der Waals surface area contributed by atoms with Crippen molar-refractivity contribution in [1.82, 2.24) is 59.8 Å². The molecule has 19 aromatic rings. The zero-order valence-corrected chi connectivity index (χ0v) is 74.2. The quantitative estimate of drug-likeness (QED) is 0.0751. The van der Waals surface area contributed by atoms with Gasteiger partial charge in [0.15, 0.2) is 34.9 Å². The topological polar surface area (TPSA) is 155 Å². The molecule has 0 saturated carbocycles. The summed E-state index contributed by atoms with van der Waals surface area (Å²) < 4.78 is 0. The summed E-state index contributed by atoms with van der Waals surface area (Å²) in [5.41, 5.74) is 25.8. The van der Waals surface area contributed by atoms with Gasteiger partial charge in [0.05, 0.1) is 0 Å². The summed E-state index contributed by atoms with van der Waals surface area (Å²) in [6.45, 7) is 20.0. The van der Waals surface area contributed by atoms with Crippen LogP contribution in [0.3, 0.4) is 0 Å². The van der Waals surface area contributed by atoms with Gasteiger partial charge in [0.25, 0.3) is 0 Å². The summed E-state index contributed by atoms with van der Waals surface area (Å²) in [6, 6.07) is 130. The SMILES string of the molecule is CC(C)(C)c1ccnc(-c2[c-]cc(-c3ccccc3-c3cc(-c4ccccc4-c4c[c-]c(-c5cc(C(C)(C)C)ccn5)cc4-c4nc(-c5ccccc5)nc(-c5ccccc5)n4)cc(-c4ccccc4-c4c[c-]c(-c5cc(C(C)(C)C)ccn5)cc4-c4nc(-c5ccccc5)nc(-c5ccccc5)n4)c3)c(-c3nc(-c4ccccc4)nc(-c4ccccc4)n3)c2)c1.[Ir+3]. The molecule has 0 aliphatic rings. The van der Waals surface area contributed by atoms with Gasteiger partial charge in [0, 0.05) is 52.0 Å². The first-order valence-corrected chi connectivity index (χ1v) is 42.5. The van der Waals surface area contributed by atoms with Crippen molar-refractivity contribution >= 4 is 0 Å². The van der Waals surface area contributed by atoms with Crippen molar-refractivity contribution in [3.8, 4) is 203 Å². The molecule has 0 atom stereocenters. The van der Waals surface area contributed by atoms with Crippen molar-refractivity contribution in [3.05, 3.63) is 399 Å². The van der Waals surface area contributed by atoms with Crippen LogP contribution in [0.25, 0.3) is 203 Å². The van der Waals surface area contributed by atoms with E-state index < -0.39 is 0 Å².